The molecular weight excluding hydrogens is 386 g/mol. The molecule has 156 valence electrons. The van der Waals surface area contributed by atoms with Gasteiger partial charge in [0, 0.05) is 12.2 Å². The molecule has 1 heterocycles. The Bertz CT molecular complexity index is 998. The first-order chi connectivity index (χ1) is 14.4. The van der Waals surface area contributed by atoms with E-state index in [1.54, 1.807) is 31.2 Å². The Morgan fingerprint density at radius 1 is 1.13 bits per heavy atom. The molecule has 0 bridgehead atoms. The molecule has 1 aliphatic rings. The van der Waals surface area contributed by atoms with Crippen molar-refractivity contribution >= 4 is 29.6 Å². The number of benzene rings is 2. The van der Waals surface area contributed by atoms with Crippen molar-refractivity contribution in [2.24, 2.45) is 0 Å². The molecule has 1 aliphatic heterocycles. The van der Waals surface area contributed by atoms with E-state index in [1.165, 1.54) is 7.11 Å². The number of likely N-dealkylation sites (N-methyl/N-ethyl adjacent to an activating group) is 1. The van der Waals surface area contributed by atoms with E-state index in [4.69, 9.17) is 9.47 Å². The quantitative estimate of drug-likeness (QED) is 0.541. The molecule has 2 N–H and O–H groups in total. The summed E-state index contributed by atoms with van der Waals surface area (Å²) >= 11 is 0. The van der Waals surface area contributed by atoms with E-state index in [9.17, 15) is 14.4 Å². The molecule has 8 heteroatoms. The Labute approximate surface area is 174 Å². The summed E-state index contributed by atoms with van der Waals surface area (Å²) in [6.45, 7) is 3.80. The summed E-state index contributed by atoms with van der Waals surface area (Å²) in [5, 5.41) is 5.30. The van der Waals surface area contributed by atoms with Gasteiger partial charge in [-0.05, 0) is 49.8 Å². The van der Waals surface area contributed by atoms with Crippen LogP contribution in [-0.2, 0) is 9.59 Å². The van der Waals surface area contributed by atoms with Crippen LogP contribution in [0.15, 0.2) is 48.2 Å². The summed E-state index contributed by atoms with van der Waals surface area (Å²) in [5.74, 6) is 0.105. The van der Waals surface area contributed by atoms with Crippen LogP contribution < -0.4 is 20.1 Å². The second-order valence-corrected chi connectivity index (χ2v) is 6.65. The third-order valence-electron chi connectivity index (χ3n) is 4.47. The number of amides is 4. The Balaban J connectivity index is 1.66. The third kappa shape index (κ3) is 4.78. The molecule has 3 rings (SSSR count). The summed E-state index contributed by atoms with van der Waals surface area (Å²) in [6.07, 6.45) is 1.56. The number of rotatable bonds is 7. The van der Waals surface area contributed by atoms with Crippen molar-refractivity contribution in [3.05, 3.63) is 59.3 Å². The lowest BCUT2D eigenvalue weighted by atomic mass is 10.1. The third-order valence-corrected chi connectivity index (χ3v) is 4.47. The zero-order valence-corrected chi connectivity index (χ0v) is 17.0. The molecule has 0 unspecified atom stereocenters. The predicted molar refractivity (Wildman–Crippen MR) is 112 cm³/mol. The zero-order valence-electron chi connectivity index (χ0n) is 17.0. The predicted octanol–water partition coefficient (Wildman–Crippen LogP) is 2.93. The normalized spacial score (nSPS) is 14.6. The van der Waals surface area contributed by atoms with E-state index in [-0.39, 0.29) is 24.1 Å². The van der Waals surface area contributed by atoms with Gasteiger partial charge in [0.15, 0.2) is 18.1 Å². The van der Waals surface area contributed by atoms with Crippen LogP contribution in [0.5, 0.6) is 11.5 Å². The van der Waals surface area contributed by atoms with E-state index < -0.39 is 6.03 Å². The molecule has 1 saturated heterocycles. The molecule has 8 nitrogen and oxygen atoms in total. The summed E-state index contributed by atoms with van der Waals surface area (Å²) in [7, 11) is 1.48. The van der Waals surface area contributed by atoms with E-state index in [0.29, 0.717) is 29.3 Å². The lowest BCUT2D eigenvalue weighted by Crippen LogP contribution is -2.30. The first kappa shape index (κ1) is 20.9. The first-order valence-electron chi connectivity index (χ1n) is 9.43. The molecule has 0 saturated carbocycles. The van der Waals surface area contributed by atoms with Crippen LogP contribution in [0.2, 0.25) is 0 Å². The van der Waals surface area contributed by atoms with Gasteiger partial charge in [-0.1, -0.05) is 23.8 Å². The highest BCUT2D eigenvalue weighted by Gasteiger charge is 2.32. The topological polar surface area (TPSA) is 97.0 Å². The highest BCUT2D eigenvalue weighted by Crippen LogP contribution is 2.29. The van der Waals surface area contributed by atoms with Crippen LogP contribution in [0, 0.1) is 6.92 Å². The van der Waals surface area contributed by atoms with Crippen molar-refractivity contribution in [1.29, 1.82) is 0 Å². The second-order valence-electron chi connectivity index (χ2n) is 6.65. The minimum Gasteiger partial charge on any atom is -0.493 e. The Morgan fingerprint density at radius 2 is 1.87 bits per heavy atom. The van der Waals surface area contributed by atoms with Gasteiger partial charge in [0.25, 0.3) is 11.8 Å². The van der Waals surface area contributed by atoms with Crippen LogP contribution in [0.25, 0.3) is 6.08 Å². The van der Waals surface area contributed by atoms with Crippen LogP contribution in [0.4, 0.5) is 10.5 Å². The number of nitrogens with one attached hydrogen (secondary N) is 2. The fourth-order valence-electron chi connectivity index (χ4n) is 2.90. The first-order valence-corrected chi connectivity index (χ1v) is 9.43. The number of ether oxygens (including phenoxy) is 2. The van der Waals surface area contributed by atoms with Gasteiger partial charge >= 0.3 is 6.03 Å². The van der Waals surface area contributed by atoms with Crippen molar-refractivity contribution in [1.82, 2.24) is 10.2 Å². The van der Waals surface area contributed by atoms with Gasteiger partial charge in [0.2, 0.25) is 0 Å². The number of imide groups is 1. The highest BCUT2D eigenvalue weighted by molar-refractivity contribution is 6.13. The number of hydrogen-bond donors (Lipinski definition) is 2. The monoisotopic (exact) mass is 409 g/mol. The van der Waals surface area contributed by atoms with Gasteiger partial charge in [-0.3, -0.25) is 14.5 Å². The highest BCUT2D eigenvalue weighted by atomic mass is 16.5. The lowest BCUT2D eigenvalue weighted by molar-refractivity contribution is -0.122. The van der Waals surface area contributed by atoms with Crippen molar-refractivity contribution in [2.45, 2.75) is 13.8 Å². The lowest BCUT2D eigenvalue weighted by Gasteiger charge is -2.12. The van der Waals surface area contributed by atoms with Gasteiger partial charge in [-0.25, -0.2) is 4.79 Å². The molecule has 30 heavy (non-hydrogen) atoms. The molecule has 0 spiro atoms. The largest absolute Gasteiger partial charge is 0.493 e. The van der Waals surface area contributed by atoms with Gasteiger partial charge in [-0.15, -0.1) is 0 Å². The molecule has 0 aromatic heterocycles. The molecule has 4 amide bonds. The van der Waals surface area contributed by atoms with Crippen LogP contribution in [-0.4, -0.2) is 43.0 Å². The summed E-state index contributed by atoms with van der Waals surface area (Å²) in [6, 6.07) is 12.0. The second kappa shape index (κ2) is 9.13. The molecule has 2 aromatic rings. The number of hydrogen-bond acceptors (Lipinski definition) is 5. The van der Waals surface area contributed by atoms with Crippen LogP contribution >= 0.6 is 0 Å². The van der Waals surface area contributed by atoms with Crippen LogP contribution in [0.3, 0.4) is 0 Å². The average Bonchev–Trinajstić information content (AvgIpc) is 3.00. The fourth-order valence-corrected chi connectivity index (χ4v) is 2.90. The maximum absolute atomic E-state index is 12.2. The maximum Gasteiger partial charge on any atom is 0.328 e. The van der Waals surface area contributed by atoms with Crippen molar-refractivity contribution in [3.8, 4) is 11.5 Å². The standard InChI is InChI=1S/C22H23N3O5/c1-4-25-21(27)17(24-22(25)28)11-15-7-10-18(19(12-15)29-3)30-13-20(26)23-16-8-5-14(2)6-9-16/h5-12H,4,13H2,1-3H3,(H,23,26)(H,24,28)/b17-11+. The molecule has 2 aromatic carbocycles. The SMILES string of the molecule is CCN1C(=O)N/C(=C/c2ccc(OCC(=O)Nc3ccc(C)cc3)c(OC)c2)C1=O. The number of anilines is 1. The Hall–Kier alpha value is -3.81. The molecule has 1 fully saturated rings. The van der Waals surface area contributed by atoms with Gasteiger partial charge in [-0.2, -0.15) is 0 Å². The van der Waals surface area contributed by atoms with Crippen molar-refractivity contribution < 1.29 is 23.9 Å². The molecule has 0 radical (unpaired) electrons. The number of nitrogens with zero attached hydrogens (tertiary/aromatic N) is 1. The minimum absolute atomic E-state index is 0.190. The number of aryl methyl sites for hydroxylation is 1. The van der Waals surface area contributed by atoms with E-state index in [2.05, 4.69) is 10.6 Å². The summed E-state index contributed by atoms with van der Waals surface area (Å²) < 4.78 is 10.9. The van der Waals surface area contributed by atoms with Gasteiger partial charge in [0.05, 0.1) is 7.11 Å². The number of urea groups is 1. The number of methoxy groups -OCH3 is 1. The zero-order chi connectivity index (χ0) is 21.7. The smallest absolute Gasteiger partial charge is 0.328 e. The van der Waals surface area contributed by atoms with Crippen LogP contribution in [0.1, 0.15) is 18.1 Å². The maximum atomic E-state index is 12.2. The van der Waals surface area contributed by atoms with Crippen molar-refractivity contribution in [3.63, 3.8) is 0 Å². The van der Waals surface area contributed by atoms with Gasteiger partial charge < -0.3 is 20.1 Å². The number of carbonyl (C=O) groups excluding carboxylic acids is 3. The molecular formula is C22H23N3O5. The average molecular weight is 409 g/mol. The fraction of sp³-hybridized carbons (Fsp3) is 0.227. The molecule has 0 aliphatic carbocycles. The van der Waals surface area contributed by atoms with Gasteiger partial charge in [0.1, 0.15) is 5.70 Å². The van der Waals surface area contributed by atoms with E-state index in [1.807, 2.05) is 31.2 Å². The van der Waals surface area contributed by atoms with E-state index >= 15 is 0 Å². The number of carbonyl (C=O) groups is 3. The Kier molecular flexibility index (Phi) is 6.36. The summed E-state index contributed by atoms with van der Waals surface area (Å²) in [5.41, 5.74) is 2.62. The van der Waals surface area contributed by atoms with E-state index in [0.717, 1.165) is 10.5 Å². The Morgan fingerprint density at radius 3 is 2.50 bits per heavy atom. The summed E-state index contributed by atoms with van der Waals surface area (Å²) in [4.78, 5) is 37.2. The van der Waals surface area contributed by atoms with Crippen molar-refractivity contribution in [2.75, 3.05) is 25.6 Å². The minimum atomic E-state index is -0.444. The molecule has 0 atom stereocenters.